The zero-order valence-corrected chi connectivity index (χ0v) is 10.8. The van der Waals surface area contributed by atoms with Crippen LogP contribution < -0.4 is 0 Å². The third-order valence-corrected chi connectivity index (χ3v) is 2.72. The third kappa shape index (κ3) is 7.46. The highest BCUT2D eigenvalue weighted by Gasteiger charge is 2.15. The van der Waals surface area contributed by atoms with Crippen LogP contribution in [0.15, 0.2) is 12.7 Å². The standard InChI is InChI=1S/C12H26N2O3/c1-3-4-13(5-8-15)11-12(2)14(6-9-16)7-10-17/h3,12,15-17H,1,4-11H2,2H3. The predicted molar refractivity (Wildman–Crippen MR) is 68.9 cm³/mol. The summed E-state index contributed by atoms with van der Waals surface area (Å²) in [7, 11) is 0. The highest BCUT2D eigenvalue weighted by atomic mass is 16.3. The van der Waals surface area contributed by atoms with Crippen molar-refractivity contribution in [2.24, 2.45) is 0 Å². The summed E-state index contributed by atoms with van der Waals surface area (Å²) in [5, 5.41) is 26.9. The van der Waals surface area contributed by atoms with Crippen LogP contribution in [0.2, 0.25) is 0 Å². The topological polar surface area (TPSA) is 67.2 Å². The summed E-state index contributed by atoms with van der Waals surface area (Å²) in [6.07, 6.45) is 1.81. The molecule has 0 rings (SSSR count). The first-order valence-electron chi connectivity index (χ1n) is 6.09. The maximum absolute atomic E-state index is 8.96. The van der Waals surface area contributed by atoms with Crippen LogP contribution >= 0.6 is 0 Å². The molecule has 0 aromatic carbocycles. The minimum absolute atomic E-state index is 0.0891. The SMILES string of the molecule is C=CCN(CCO)CC(C)N(CCO)CCO. The molecule has 0 aliphatic carbocycles. The van der Waals surface area contributed by atoms with Crippen molar-refractivity contribution in [3.63, 3.8) is 0 Å². The Morgan fingerprint density at radius 3 is 2.00 bits per heavy atom. The van der Waals surface area contributed by atoms with E-state index in [1.54, 1.807) is 0 Å². The van der Waals surface area contributed by atoms with Crippen molar-refractivity contribution in [2.45, 2.75) is 13.0 Å². The fourth-order valence-electron chi connectivity index (χ4n) is 1.88. The van der Waals surface area contributed by atoms with E-state index in [1.165, 1.54) is 0 Å². The van der Waals surface area contributed by atoms with Gasteiger partial charge in [0.25, 0.3) is 0 Å². The number of hydrogen-bond acceptors (Lipinski definition) is 5. The van der Waals surface area contributed by atoms with Crippen molar-refractivity contribution in [1.29, 1.82) is 0 Å². The molecule has 0 aliphatic rings. The van der Waals surface area contributed by atoms with Crippen LogP contribution in [0.25, 0.3) is 0 Å². The van der Waals surface area contributed by atoms with Crippen LogP contribution in [0.5, 0.6) is 0 Å². The van der Waals surface area contributed by atoms with Gasteiger partial charge in [0.15, 0.2) is 0 Å². The summed E-state index contributed by atoms with van der Waals surface area (Å²) in [5.74, 6) is 0. The zero-order valence-electron chi connectivity index (χ0n) is 10.8. The second-order valence-corrected chi connectivity index (χ2v) is 4.10. The van der Waals surface area contributed by atoms with Gasteiger partial charge in [-0.1, -0.05) is 6.08 Å². The fourth-order valence-corrected chi connectivity index (χ4v) is 1.88. The Balaban J connectivity index is 4.21. The van der Waals surface area contributed by atoms with Crippen molar-refractivity contribution < 1.29 is 15.3 Å². The van der Waals surface area contributed by atoms with Gasteiger partial charge in [0.05, 0.1) is 19.8 Å². The first-order chi connectivity index (χ1) is 8.19. The molecular formula is C12H26N2O3. The van der Waals surface area contributed by atoms with E-state index in [4.69, 9.17) is 15.3 Å². The average molecular weight is 246 g/mol. The lowest BCUT2D eigenvalue weighted by Gasteiger charge is -2.32. The van der Waals surface area contributed by atoms with Crippen molar-refractivity contribution in [1.82, 2.24) is 9.80 Å². The van der Waals surface area contributed by atoms with Crippen LogP contribution in [0.1, 0.15) is 6.92 Å². The van der Waals surface area contributed by atoms with Gasteiger partial charge in [-0.05, 0) is 6.92 Å². The normalized spacial score (nSPS) is 13.3. The van der Waals surface area contributed by atoms with E-state index in [-0.39, 0.29) is 25.9 Å². The van der Waals surface area contributed by atoms with E-state index in [0.717, 1.165) is 13.1 Å². The van der Waals surface area contributed by atoms with Crippen molar-refractivity contribution >= 4 is 0 Å². The first kappa shape index (κ1) is 16.5. The summed E-state index contributed by atoms with van der Waals surface area (Å²) in [4.78, 5) is 4.13. The van der Waals surface area contributed by atoms with Gasteiger partial charge in [-0.15, -0.1) is 6.58 Å². The van der Waals surface area contributed by atoms with Crippen LogP contribution in [-0.2, 0) is 0 Å². The van der Waals surface area contributed by atoms with Gasteiger partial charge >= 0.3 is 0 Å². The lowest BCUT2D eigenvalue weighted by atomic mass is 10.2. The van der Waals surface area contributed by atoms with Gasteiger partial charge in [0, 0.05) is 38.8 Å². The Labute approximate surface area is 104 Å². The molecule has 5 nitrogen and oxygen atoms in total. The van der Waals surface area contributed by atoms with E-state index >= 15 is 0 Å². The summed E-state index contributed by atoms with van der Waals surface area (Å²) in [5.41, 5.74) is 0. The van der Waals surface area contributed by atoms with Gasteiger partial charge in [-0.3, -0.25) is 9.80 Å². The molecular weight excluding hydrogens is 220 g/mol. The Kier molecular flexibility index (Phi) is 10.4. The van der Waals surface area contributed by atoms with E-state index in [0.29, 0.717) is 19.6 Å². The molecule has 0 aromatic rings. The Morgan fingerprint density at radius 1 is 1.06 bits per heavy atom. The summed E-state index contributed by atoms with van der Waals surface area (Å²) >= 11 is 0. The molecule has 5 heteroatoms. The first-order valence-corrected chi connectivity index (χ1v) is 6.09. The van der Waals surface area contributed by atoms with Gasteiger partial charge in [0.2, 0.25) is 0 Å². The van der Waals surface area contributed by atoms with Gasteiger partial charge < -0.3 is 15.3 Å². The summed E-state index contributed by atoms with van der Waals surface area (Å²) in [6, 6.07) is 0.223. The lowest BCUT2D eigenvalue weighted by molar-refractivity contribution is 0.0993. The highest BCUT2D eigenvalue weighted by Crippen LogP contribution is 2.02. The maximum Gasteiger partial charge on any atom is 0.0558 e. The maximum atomic E-state index is 8.96. The highest BCUT2D eigenvalue weighted by molar-refractivity contribution is 4.78. The molecule has 17 heavy (non-hydrogen) atoms. The largest absolute Gasteiger partial charge is 0.395 e. The van der Waals surface area contributed by atoms with Gasteiger partial charge in [-0.25, -0.2) is 0 Å². The van der Waals surface area contributed by atoms with E-state index < -0.39 is 0 Å². The molecule has 0 saturated carbocycles. The molecule has 3 N–H and O–H groups in total. The Bertz CT molecular complexity index is 185. The van der Waals surface area contributed by atoms with Gasteiger partial charge in [-0.2, -0.15) is 0 Å². The lowest BCUT2D eigenvalue weighted by Crippen LogP contribution is -2.45. The smallest absolute Gasteiger partial charge is 0.0558 e. The predicted octanol–water partition coefficient (Wildman–Crippen LogP) is -0.858. The van der Waals surface area contributed by atoms with Crippen LogP contribution in [-0.4, -0.2) is 83.7 Å². The Hall–Kier alpha value is -0.460. The van der Waals surface area contributed by atoms with Gasteiger partial charge in [0.1, 0.15) is 0 Å². The minimum Gasteiger partial charge on any atom is -0.395 e. The summed E-state index contributed by atoms with van der Waals surface area (Å²) < 4.78 is 0. The molecule has 1 atom stereocenters. The molecule has 0 aliphatic heterocycles. The molecule has 0 heterocycles. The average Bonchev–Trinajstić information content (AvgIpc) is 2.29. The summed E-state index contributed by atoms with van der Waals surface area (Å²) in [6.45, 7) is 9.30. The van der Waals surface area contributed by atoms with E-state index in [1.807, 2.05) is 11.0 Å². The second kappa shape index (κ2) is 10.7. The molecule has 102 valence electrons. The monoisotopic (exact) mass is 246 g/mol. The van der Waals surface area contributed by atoms with Crippen LogP contribution in [0, 0.1) is 0 Å². The molecule has 0 radical (unpaired) electrons. The van der Waals surface area contributed by atoms with Crippen molar-refractivity contribution in [2.75, 3.05) is 52.5 Å². The second-order valence-electron chi connectivity index (χ2n) is 4.10. The third-order valence-electron chi connectivity index (χ3n) is 2.72. The van der Waals surface area contributed by atoms with Crippen molar-refractivity contribution in [3.05, 3.63) is 12.7 Å². The number of nitrogens with zero attached hydrogens (tertiary/aromatic N) is 2. The van der Waals surface area contributed by atoms with Crippen LogP contribution in [0.3, 0.4) is 0 Å². The molecule has 0 saturated heterocycles. The minimum atomic E-state index is 0.0891. The molecule has 0 aromatic heterocycles. The molecule has 1 unspecified atom stereocenters. The number of aliphatic hydroxyl groups is 3. The molecule has 0 amide bonds. The molecule has 0 fully saturated rings. The van der Waals surface area contributed by atoms with E-state index in [9.17, 15) is 0 Å². The number of rotatable bonds is 11. The fraction of sp³-hybridized carbons (Fsp3) is 0.833. The van der Waals surface area contributed by atoms with Crippen molar-refractivity contribution in [3.8, 4) is 0 Å². The zero-order chi connectivity index (χ0) is 13.1. The van der Waals surface area contributed by atoms with E-state index in [2.05, 4.69) is 18.4 Å². The Morgan fingerprint density at radius 2 is 1.59 bits per heavy atom. The van der Waals surface area contributed by atoms with Crippen LogP contribution in [0.4, 0.5) is 0 Å². The molecule has 0 bridgehead atoms. The number of aliphatic hydroxyl groups excluding tert-OH is 3. The number of hydrogen-bond donors (Lipinski definition) is 3. The molecule has 0 spiro atoms. The quantitative estimate of drug-likeness (QED) is 0.414.